The van der Waals surface area contributed by atoms with Crippen LogP contribution in [-0.2, 0) is 26.1 Å². The van der Waals surface area contributed by atoms with Crippen molar-refractivity contribution < 1.29 is 13.9 Å². The average molecular weight is 514 g/mol. The Morgan fingerprint density at radius 3 is 2.03 bits per heavy atom. The average Bonchev–Trinajstić information content (AvgIpc) is 3.29. The molecule has 0 bridgehead atoms. The number of nitrogens with zero attached hydrogens (tertiary/aromatic N) is 5. The van der Waals surface area contributed by atoms with Gasteiger partial charge in [-0.15, -0.1) is 0 Å². The fourth-order valence-electron chi connectivity index (χ4n) is 5.09. The molecule has 0 saturated carbocycles. The Morgan fingerprint density at radius 1 is 1.00 bits per heavy atom. The van der Waals surface area contributed by atoms with E-state index in [1.165, 1.54) is 0 Å². The van der Waals surface area contributed by atoms with Gasteiger partial charge in [0.25, 0.3) is 0 Å². The summed E-state index contributed by atoms with van der Waals surface area (Å²) in [6.07, 6.45) is 3.87. The van der Waals surface area contributed by atoms with E-state index in [1.807, 2.05) is 55.3 Å². The number of halogens is 3. The number of anilines is 1. The molecule has 2 aromatic heterocycles. The number of aliphatic hydroxyl groups is 1. The summed E-state index contributed by atoms with van der Waals surface area (Å²) >= 11 is 6.58. The van der Waals surface area contributed by atoms with Gasteiger partial charge in [0, 0.05) is 55.3 Å². The second kappa shape index (κ2) is 8.56. The third-order valence-electron chi connectivity index (χ3n) is 7.42. The lowest BCUT2D eigenvalue weighted by Crippen LogP contribution is -2.38. The summed E-state index contributed by atoms with van der Waals surface area (Å²) in [5.74, 6) is -1.40. The number of rotatable bonds is 6. The van der Waals surface area contributed by atoms with Crippen molar-refractivity contribution in [2.24, 2.45) is 14.1 Å². The molecule has 1 aliphatic heterocycles. The minimum Gasteiger partial charge on any atom is -0.373 e. The Labute approximate surface area is 214 Å². The number of alkyl halides is 2. The van der Waals surface area contributed by atoms with Crippen LogP contribution in [0, 0.1) is 13.8 Å². The monoisotopic (exact) mass is 513 g/mol. The molecular formula is C27H30ClF2N5O. The zero-order chi connectivity index (χ0) is 26.0. The van der Waals surface area contributed by atoms with E-state index in [9.17, 15) is 13.9 Å². The van der Waals surface area contributed by atoms with Gasteiger partial charge in [0.15, 0.2) is 5.60 Å². The Morgan fingerprint density at radius 2 is 1.58 bits per heavy atom. The molecule has 3 heterocycles. The Balaban J connectivity index is 1.82. The van der Waals surface area contributed by atoms with Crippen molar-refractivity contribution in [1.82, 2.24) is 19.1 Å². The number of hydrogen-bond acceptors (Lipinski definition) is 4. The molecule has 1 saturated heterocycles. The normalized spacial score (nSPS) is 14.5. The maximum absolute atomic E-state index is 14.2. The van der Waals surface area contributed by atoms with Crippen LogP contribution in [0.5, 0.6) is 0 Å². The Bertz CT molecular complexity index is 1420. The third-order valence-corrected chi connectivity index (χ3v) is 7.76. The summed E-state index contributed by atoms with van der Waals surface area (Å²) in [7, 11) is 3.72. The summed E-state index contributed by atoms with van der Waals surface area (Å²) in [6, 6.07) is 7.40. The van der Waals surface area contributed by atoms with Crippen molar-refractivity contribution in [1.29, 1.82) is 0 Å². The molecule has 1 aliphatic rings. The number of fused-ring (bicyclic) bond motifs is 1. The summed E-state index contributed by atoms with van der Waals surface area (Å²) in [5, 5.41) is 14.5. The molecule has 0 amide bonds. The molecule has 1 N–H and O–H groups in total. The molecule has 36 heavy (non-hydrogen) atoms. The highest BCUT2D eigenvalue weighted by atomic mass is 35.5. The second-order valence-electron chi connectivity index (χ2n) is 9.92. The van der Waals surface area contributed by atoms with E-state index in [4.69, 9.17) is 11.6 Å². The minimum atomic E-state index is -2.91. The molecule has 2 aromatic carbocycles. The SMILES string of the molecule is Cc1ncc(C(O)(c2ccc3cc(Cl)c(CC(C)(F)F)c(N4CCC4)c3c2)c2cnc(C)n2C)n1C. The van der Waals surface area contributed by atoms with Crippen LogP contribution in [0.4, 0.5) is 14.5 Å². The first kappa shape index (κ1) is 24.7. The Hall–Kier alpha value is -2.97. The summed E-state index contributed by atoms with van der Waals surface area (Å²) in [5.41, 5.74) is 1.34. The van der Waals surface area contributed by atoms with Crippen molar-refractivity contribution in [3.05, 3.63) is 75.8 Å². The molecule has 190 valence electrons. The molecule has 0 spiro atoms. The highest BCUT2D eigenvalue weighted by molar-refractivity contribution is 6.33. The zero-order valence-electron chi connectivity index (χ0n) is 21.1. The number of benzene rings is 2. The fourth-order valence-corrected chi connectivity index (χ4v) is 5.37. The van der Waals surface area contributed by atoms with Crippen molar-refractivity contribution in [3.8, 4) is 0 Å². The third kappa shape index (κ3) is 3.87. The first-order chi connectivity index (χ1) is 16.9. The van der Waals surface area contributed by atoms with Crippen LogP contribution in [0.3, 0.4) is 0 Å². The van der Waals surface area contributed by atoms with Gasteiger partial charge in [-0.3, -0.25) is 0 Å². The first-order valence-electron chi connectivity index (χ1n) is 12.0. The molecule has 9 heteroatoms. The Kier molecular flexibility index (Phi) is 5.87. The van der Waals surface area contributed by atoms with Crippen LogP contribution in [0.1, 0.15) is 47.5 Å². The van der Waals surface area contributed by atoms with E-state index in [2.05, 4.69) is 14.9 Å². The van der Waals surface area contributed by atoms with Gasteiger partial charge < -0.3 is 19.1 Å². The van der Waals surface area contributed by atoms with Crippen molar-refractivity contribution in [2.75, 3.05) is 18.0 Å². The van der Waals surface area contributed by atoms with Gasteiger partial charge in [0.2, 0.25) is 5.92 Å². The van der Waals surface area contributed by atoms with Gasteiger partial charge in [-0.2, -0.15) is 0 Å². The summed E-state index contributed by atoms with van der Waals surface area (Å²) in [6.45, 7) is 6.21. The van der Waals surface area contributed by atoms with Gasteiger partial charge in [-0.25, -0.2) is 18.7 Å². The standard InChI is InChI=1S/C27H30ClF2N5O/c1-16-31-14-23(33(16)4)27(36,24-15-32-17(2)34(24)5)19-8-7-18-11-22(28)21(13-26(3,29)30)25(20(18)12-19)35-9-6-10-35/h7-8,11-12,14-15,36H,6,9-10,13H2,1-5H3. The van der Waals surface area contributed by atoms with Gasteiger partial charge in [-0.05, 0) is 50.3 Å². The number of hydrogen-bond donors (Lipinski definition) is 1. The predicted octanol–water partition coefficient (Wildman–Crippen LogP) is 5.27. The van der Waals surface area contributed by atoms with Gasteiger partial charge in [-0.1, -0.05) is 23.7 Å². The fraction of sp³-hybridized carbons (Fsp3) is 0.407. The molecule has 4 aromatic rings. The van der Waals surface area contributed by atoms with E-state index in [0.717, 1.165) is 54.5 Å². The molecule has 6 nitrogen and oxygen atoms in total. The lowest BCUT2D eigenvalue weighted by molar-refractivity contribution is 0.0227. The van der Waals surface area contributed by atoms with E-state index >= 15 is 0 Å². The van der Waals surface area contributed by atoms with Crippen LogP contribution in [0.15, 0.2) is 36.7 Å². The molecular weight excluding hydrogens is 484 g/mol. The molecule has 1 fully saturated rings. The molecule has 0 unspecified atom stereocenters. The van der Waals surface area contributed by atoms with Crippen LogP contribution in [-0.4, -0.2) is 43.2 Å². The highest BCUT2D eigenvalue weighted by Crippen LogP contribution is 2.44. The largest absolute Gasteiger partial charge is 0.373 e. The van der Waals surface area contributed by atoms with Crippen LogP contribution < -0.4 is 4.90 Å². The topological polar surface area (TPSA) is 59.1 Å². The lowest BCUT2D eigenvalue weighted by Gasteiger charge is -2.37. The molecule has 0 aliphatic carbocycles. The van der Waals surface area contributed by atoms with Crippen LogP contribution in [0.25, 0.3) is 10.8 Å². The second-order valence-corrected chi connectivity index (χ2v) is 10.3. The molecule has 0 radical (unpaired) electrons. The zero-order valence-corrected chi connectivity index (χ0v) is 21.9. The number of aromatic nitrogens is 4. The van der Waals surface area contributed by atoms with Gasteiger partial charge >= 0.3 is 0 Å². The van der Waals surface area contributed by atoms with Crippen molar-refractivity contribution in [2.45, 2.75) is 45.1 Å². The highest BCUT2D eigenvalue weighted by Gasteiger charge is 2.40. The molecule has 5 rings (SSSR count). The summed E-state index contributed by atoms with van der Waals surface area (Å²) in [4.78, 5) is 11.0. The first-order valence-corrected chi connectivity index (χ1v) is 12.4. The summed E-state index contributed by atoms with van der Waals surface area (Å²) < 4.78 is 32.2. The smallest absolute Gasteiger partial charge is 0.249 e. The van der Waals surface area contributed by atoms with Crippen LogP contribution in [0.2, 0.25) is 5.02 Å². The quantitative estimate of drug-likeness (QED) is 0.381. The maximum Gasteiger partial charge on any atom is 0.249 e. The van der Waals surface area contributed by atoms with Crippen LogP contribution >= 0.6 is 11.6 Å². The van der Waals surface area contributed by atoms with Crippen molar-refractivity contribution >= 4 is 28.1 Å². The lowest BCUT2D eigenvalue weighted by atomic mass is 9.85. The number of imidazole rings is 2. The minimum absolute atomic E-state index is 0.332. The van der Waals surface area contributed by atoms with Gasteiger partial charge in [0.05, 0.1) is 23.8 Å². The van der Waals surface area contributed by atoms with E-state index < -0.39 is 17.9 Å². The van der Waals surface area contributed by atoms with Gasteiger partial charge in [0.1, 0.15) is 11.6 Å². The predicted molar refractivity (Wildman–Crippen MR) is 138 cm³/mol. The van der Waals surface area contributed by atoms with E-state index in [-0.39, 0.29) is 0 Å². The number of aryl methyl sites for hydroxylation is 2. The molecule has 0 atom stereocenters. The van der Waals surface area contributed by atoms with E-state index in [1.54, 1.807) is 18.5 Å². The van der Waals surface area contributed by atoms with Crippen molar-refractivity contribution in [3.63, 3.8) is 0 Å². The van der Waals surface area contributed by atoms with E-state index in [0.29, 0.717) is 27.5 Å². The maximum atomic E-state index is 14.2.